The summed E-state index contributed by atoms with van der Waals surface area (Å²) in [6.45, 7) is 4.53. The summed E-state index contributed by atoms with van der Waals surface area (Å²) in [6.07, 6.45) is -1.03. The minimum atomic E-state index is -1.15. The van der Waals surface area contributed by atoms with Gasteiger partial charge in [0.15, 0.2) is 12.4 Å². The van der Waals surface area contributed by atoms with E-state index in [0.29, 0.717) is 5.56 Å². The minimum Gasteiger partial charge on any atom is -0.456 e. The Balaban J connectivity index is 2.66. The Labute approximate surface area is 152 Å². The van der Waals surface area contributed by atoms with Gasteiger partial charge in [-0.15, -0.1) is 0 Å². The maximum absolute atomic E-state index is 12.2. The standard InChI is InChI=1S/C18H24N2O6/c1-18(2,3)26-17(24)20-13(9-10-15(19)22)16(23)25-11-14(21)12-7-5-4-6-8-12/h4-8,13H,9-11H2,1-3H3,(H2,19,22)(H,20,24). The molecule has 0 aliphatic heterocycles. The van der Waals surface area contributed by atoms with Crippen LogP contribution in [0.5, 0.6) is 0 Å². The molecular formula is C18H24N2O6. The van der Waals surface area contributed by atoms with E-state index in [-0.39, 0.29) is 18.6 Å². The Hall–Kier alpha value is -2.90. The molecule has 0 radical (unpaired) electrons. The number of alkyl carbamates (subject to hydrolysis) is 1. The highest BCUT2D eigenvalue weighted by Crippen LogP contribution is 2.09. The Kier molecular flexibility index (Phi) is 7.77. The smallest absolute Gasteiger partial charge is 0.408 e. The van der Waals surface area contributed by atoms with Crippen molar-refractivity contribution < 1.29 is 28.7 Å². The van der Waals surface area contributed by atoms with Crippen molar-refractivity contribution >= 4 is 23.8 Å². The number of hydrogen-bond acceptors (Lipinski definition) is 6. The fraction of sp³-hybridized carbons (Fsp3) is 0.444. The highest BCUT2D eigenvalue weighted by Gasteiger charge is 2.26. The van der Waals surface area contributed by atoms with Crippen molar-refractivity contribution in [2.75, 3.05) is 6.61 Å². The highest BCUT2D eigenvalue weighted by molar-refractivity contribution is 5.98. The van der Waals surface area contributed by atoms with Gasteiger partial charge >= 0.3 is 12.1 Å². The second kappa shape index (κ2) is 9.55. The topological polar surface area (TPSA) is 125 Å². The van der Waals surface area contributed by atoms with Crippen LogP contribution in [0.2, 0.25) is 0 Å². The molecule has 8 nitrogen and oxygen atoms in total. The summed E-state index contributed by atoms with van der Waals surface area (Å²) in [4.78, 5) is 47.0. The van der Waals surface area contributed by atoms with Crippen molar-refractivity contribution in [3.05, 3.63) is 35.9 Å². The van der Waals surface area contributed by atoms with Gasteiger partial charge in [-0.1, -0.05) is 30.3 Å². The Morgan fingerprint density at radius 3 is 2.27 bits per heavy atom. The average molecular weight is 364 g/mol. The zero-order chi connectivity index (χ0) is 19.7. The van der Waals surface area contributed by atoms with Crippen LogP contribution in [0.3, 0.4) is 0 Å². The van der Waals surface area contributed by atoms with Crippen LogP contribution >= 0.6 is 0 Å². The lowest BCUT2D eigenvalue weighted by Gasteiger charge is -2.22. The normalized spacial score (nSPS) is 12.0. The second-order valence-electron chi connectivity index (χ2n) is 6.60. The zero-order valence-corrected chi connectivity index (χ0v) is 15.1. The molecule has 26 heavy (non-hydrogen) atoms. The SMILES string of the molecule is CC(C)(C)OC(=O)NC(CCC(N)=O)C(=O)OCC(=O)c1ccccc1. The summed E-state index contributed by atoms with van der Waals surface area (Å²) in [5, 5.41) is 2.34. The number of ketones is 1. The number of carbonyl (C=O) groups excluding carboxylic acids is 4. The monoisotopic (exact) mass is 364 g/mol. The van der Waals surface area contributed by atoms with E-state index in [1.165, 1.54) is 0 Å². The molecule has 1 rings (SSSR count). The van der Waals surface area contributed by atoms with Crippen LogP contribution < -0.4 is 11.1 Å². The third-order valence-corrected chi connectivity index (χ3v) is 3.10. The van der Waals surface area contributed by atoms with Crippen molar-refractivity contribution in [2.24, 2.45) is 5.73 Å². The summed E-state index contributed by atoms with van der Waals surface area (Å²) in [5.41, 5.74) is 4.72. The number of benzene rings is 1. The number of ether oxygens (including phenoxy) is 2. The first kappa shape index (κ1) is 21.1. The zero-order valence-electron chi connectivity index (χ0n) is 15.1. The van der Waals surface area contributed by atoms with Gasteiger partial charge in [-0.05, 0) is 27.2 Å². The number of carbonyl (C=O) groups is 4. The van der Waals surface area contributed by atoms with E-state index >= 15 is 0 Å². The van der Waals surface area contributed by atoms with E-state index in [2.05, 4.69) is 5.32 Å². The Morgan fingerprint density at radius 2 is 1.73 bits per heavy atom. The average Bonchev–Trinajstić information content (AvgIpc) is 2.55. The van der Waals surface area contributed by atoms with Gasteiger partial charge in [-0.25, -0.2) is 9.59 Å². The number of amides is 2. The number of nitrogens with one attached hydrogen (secondary N) is 1. The highest BCUT2D eigenvalue weighted by atomic mass is 16.6. The van der Waals surface area contributed by atoms with E-state index in [1.807, 2.05) is 0 Å². The summed E-state index contributed by atoms with van der Waals surface area (Å²) in [7, 11) is 0. The molecule has 0 aromatic heterocycles. The molecule has 1 atom stereocenters. The lowest BCUT2D eigenvalue weighted by Crippen LogP contribution is -2.45. The van der Waals surface area contributed by atoms with Crippen LogP contribution in [0.1, 0.15) is 44.0 Å². The molecule has 0 fully saturated rings. The van der Waals surface area contributed by atoms with Crippen LogP contribution in [0.4, 0.5) is 4.79 Å². The molecular weight excluding hydrogens is 340 g/mol. The third kappa shape index (κ3) is 8.27. The van der Waals surface area contributed by atoms with Crippen molar-refractivity contribution in [3.8, 4) is 0 Å². The van der Waals surface area contributed by atoms with Gasteiger partial charge in [0, 0.05) is 12.0 Å². The molecule has 2 amide bonds. The van der Waals surface area contributed by atoms with Gasteiger partial charge < -0.3 is 20.5 Å². The van der Waals surface area contributed by atoms with E-state index in [0.717, 1.165) is 0 Å². The van der Waals surface area contributed by atoms with Gasteiger partial charge in [-0.3, -0.25) is 9.59 Å². The van der Waals surface area contributed by atoms with E-state index in [1.54, 1.807) is 51.1 Å². The molecule has 1 unspecified atom stereocenters. The molecule has 0 saturated carbocycles. The number of primary amides is 1. The third-order valence-electron chi connectivity index (χ3n) is 3.10. The fourth-order valence-electron chi connectivity index (χ4n) is 1.93. The summed E-state index contributed by atoms with van der Waals surface area (Å²) >= 11 is 0. The lowest BCUT2D eigenvalue weighted by atomic mass is 10.1. The van der Waals surface area contributed by atoms with Crippen LogP contribution in [-0.4, -0.2) is 42.0 Å². The Bertz CT molecular complexity index is 651. The number of nitrogens with two attached hydrogens (primary N) is 1. The van der Waals surface area contributed by atoms with Crippen LogP contribution in [0, 0.1) is 0 Å². The number of Topliss-reactive ketones (excluding diaryl/α,β-unsaturated/α-hetero) is 1. The molecule has 1 aromatic rings. The van der Waals surface area contributed by atoms with Crippen LogP contribution in [0.15, 0.2) is 30.3 Å². The maximum atomic E-state index is 12.2. The first-order valence-electron chi connectivity index (χ1n) is 8.11. The molecule has 0 spiro atoms. The van der Waals surface area contributed by atoms with E-state index in [4.69, 9.17) is 15.2 Å². The lowest BCUT2D eigenvalue weighted by molar-refractivity contribution is -0.145. The number of hydrogen-bond donors (Lipinski definition) is 2. The molecule has 3 N–H and O–H groups in total. The maximum Gasteiger partial charge on any atom is 0.408 e. The second-order valence-corrected chi connectivity index (χ2v) is 6.60. The van der Waals surface area contributed by atoms with Gasteiger partial charge in [0.25, 0.3) is 0 Å². The summed E-state index contributed by atoms with van der Waals surface area (Å²) in [5.74, 6) is -1.86. The molecule has 0 aliphatic rings. The van der Waals surface area contributed by atoms with Gasteiger partial charge in [-0.2, -0.15) is 0 Å². The van der Waals surface area contributed by atoms with Crippen molar-refractivity contribution in [1.82, 2.24) is 5.32 Å². The minimum absolute atomic E-state index is 0.0626. The van der Waals surface area contributed by atoms with Crippen molar-refractivity contribution in [2.45, 2.75) is 45.3 Å². The largest absolute Gasteiger partial charge is 0.456 e. The first-order chi connectivity index (χ1) is 12.1. The van der Waals surface area contributed by atoms with Crippen LogP contribution in [-0.2, 0) is 19.1 Å². The first-order valence-corrected chi connectivity index (χ1v) is 8.11. The number of esters is 1. The summed E-state index contributed by atoms with van der Waals surface area (Å²) in [6, 6.07) is 7.18. The van der Waals surface area contributed by atoms with E-state index in [9.17, 15) is 19.2 Å². The van der Waals surface area contributed by atoms with Gasteiger partial charge in [0.2, 0.25) is 5.91 Å². The van der Waals surface area contributed by atoms with Crippen LogP contribution in [0.25, 0.3) is 0 Å². The van der Waals surface area contributed by atoms with Gasteiger partial charge in [0.1, 0.15) is 11.6 Å². The molecule has 0 aliphatic carbocycles. The fourth-order valence-corrected chi connectivity index (χ4v) is 1.93. The molecule has 142 valence electrons. The quantitative estimate of drug-likeness (QED) is 0.533. The van der Waals surface area contributed by atoms with Crippen molar-refractivity contribution in [1.29, 1.82) is 0 Å². The molecule has 0 bridgehead atoms. The number of rotatable bonds is 8. The van der Waals surface area contributed by atoms with Gasteiger partial charge in [0.05, 0.1) is 0 Å². The van der Waals surface area contributed by atoms with Crippen molar-refractivity contribution in [3.63, 3.8) is 0 Å². The predicted octanol–water partition coefficient (Wildman–Crippen LogP) is 1.57. The van der Waals surface area contributed by atoms with E-state index < -0.39 is 36.2 Å². The summed E-state index contributed by atoms with van der Waals surface area (Å²) < 4.78 is 10.1. The molecule has 8 heteroatoms. The predicted molar refractivity (Wildman–Crippen MR) is 93.3 cm³/mol. The Morgan fingerprint density at radius 1 is 1.12 bits per heavy atom. The molecule has 0 heterocycles. The molecule has 0 saturated heterocycles. The molecule has 1 aromatic carbocycles.